The Balaban J connectivity index is 2.24. The van der Waals surface area contributed by atoms with E-state index in [1.165, 1.54) is 10.4 Å². The van der Waals surface area contributed by atoms with Crippen molar-refractivity contribution in [3.63, 3.8) is 0 Å². The van der Waals surface area contributed by atoms with E-state index in [0.29, 0.717) is 19.5 Å². The highest BCUT2D eigenvalue weighted by atomic mass is 32.2. The van der Waals surface area contributed by atoms with Gasteiger partial charge in [-0.15, -0.1) is 0 Å². The lowest BCUT2D eigenvalue weighted by Crippen LogP contribution is -2.48. The monoisotopic (exact) mass is 300 g/mol. The second kappa shape index (κ2) is 5.43. The van der Waals surface area contributed by atoms with Gasteiger partial charge < -0.3 is 15.8 Å². The molecule has 1 aromatic rings. The van der Waals surface area contributed by atoms with E-state index in [-0.39, 0.29) is 22.7 Å². The molecule has 0 bridgehead atoms. The van der Waals surface area contributed by atoms with Crippen molar-refractivity contribution in [2.75, 3.05) is 13.1 Å². The fourth-order valence-corrected chi connectivity index (χ4v) is 3.63. The molecule has 0 aromatic carbocycles. The second-order valence-electron chi connectivity index (χ2n) is 4.90. The summed E-state index contributed by atoms with van der Waals surface area (Å²) >= 11 is 0. The topological polar surface area (TPSA) is 119 Å². The molecule has 8 nitrogen and oxygen atoms in total. The van der Waals surface area contributed by atoms with Crippen molar-refractivity contribution in [2.24, 2.45) is 11.7 Å². The standard InChI is InChI=1S/C11H16N4O4S/c1-8-7-14(5-4-10(8)12)20(18,19)9-2-3-11(13-6-9)15(16)17/h2-3,6,8,10H,4-5,7,12H2,1H3. The minimum Gasteiger partial charge on any atom is -0.358 e. The summed E-state index contributed by atoms with van der Waals surface area (Å²) < 4.78 is 26.1. The first kappa shape index (κ1) is 14.8. The maximum Gasteiger partial charge on any atom is 0.363 e. The van der Waals surface area contributed by atoms with Crippen molar-refractivity contribution in [3.8, 4) is 0 Å². The molecule has 110 valence electrons. The molecule has 1 aliphatic rings. The zero-order chi connectivity index (χ0) is 14.9. The zero-order valence-corrected chi connectivity index (χ0v) is 11.8. The molecule has 2 rings (SSSR count). The maximum atomic E-state index is 12.4. The van der Waals surface area contributed by atoms with E-state index < -0.39 is 14.9 Å². The van der Waals surface area contributed by atoms with E-state index in [1.54, 1.807) is 0 Å². The lowest BCUT2D eigenvalue weighted by molar-refractivity contribution is -0.389. The van der Waals surface area contributed by atoms with Gasteiger partial charge in [-0.2, -0.15) is 4.31 Å². The highest BCUT2D eigenvalue weighted by molar-refractivity contribution is 7.89. The number of hydrogen-bond donors (Lipinski definition) is 1. The van der Waals surface area contributed by atoms with Crippen LogP contribution < -0.4 is 5.73 Å². The molecule has 1 aromatic heterocycles. The fourth-order valence-electron chi connectivity index (χ4n) is 2.13. The summed E-state index contributed by atoms with van der Waals surface area (Å²) in [6, 6.07) is 2.29. The Morgan fingerprint density at radius 1 is 1.50 bits per heavy atom. The van der Waals surface area contributed by atoms with Gasteiger partial charge in [-0.1, -0.05) is 6.92 Å². The average molecular weight is 300 g/mol. The number of hydrogen-bond acceptors (Lipinski definition) is 6. The van der Waals surface area contributed by atoms with Gasteiger partial charge in [0.25, 0.3) is 0 Å². The molecule has 9 heteroatoms. The normalized spacial score (nSPS) is 24.5. The van der Waals surface area contributed by atoms with Crippen LogP contribution in [0.4, 0.5) is 5.82 Å². The van der Waals surface area contributed by atoms with E-state index in [0.717, 1.165) is 12.3 Å². The molecule has 1 aliphatic heterocycles. The predicted octanol–water partition coefficient (Wildman–Crippen LogP) is 0.348. The van der Waals surface area contributed by atoms with Gasteiger partial charge in [0.15, 0.2) is 6.20 Å². The summed E-state index contributed by atoms with van der Waals surface area (Å²) in [5, 5.41) is 10.5. The van der Waals surface area contributed by atoms with Crippen molar-refractivity contribution in [1.82, 2.24) is 9.29 Å². The molecule has 1 fully saturated rings. The zero-order valence-electron chi connectivity index (χ0n) is 11.0. The van der Waals surface area contributed by atoms with Gasteiger partial charge in [-0.25, -0.2) is 8.42 Å². The summed E-state index contributed by atoms with van der Waals surface area (Å²) in [5.41, 5.74) is 5.87. The van der Waals surface area contributed by atoms with Crippen LogP contribution in [0.1, 0.15) is 13.3 Å². The van der Waals surface area contributed by atoms with E-state index in [9.17, 15) is 18.5 Å². The summed E-state index contributed by atoms with van der Waals surface area (Å²) in [6.45, 7) is 2.60. The number of piperidine rings is 1. The van der Waals surface area contributed by atoms with Gasteiger partial charge >= 0.3 is 5.82 Å². The van der Waals surface area contributed by atoms with Gasteiger partial charge in [0.05, 0.1) is 0 Å². The molecule has 20 heavy (non-hydrogen) atoms. The van der Waals surface area contributed by atoms with Crippen LogP contribution in [-0.2, 0) is 10.0 Å². The number of sulfonamides is 1. The first-order valence-corrected chi connectivity index (χ1v) is 7.62. The third-order valence-electron chi connectivity index (χ3n) is 3.48. The first-order valence-electron chi connectivity index (χ1n) is 6.18. The van der Waals surface area contributed by atoms with Crippen molar-refractivity contribution in [3.05, 3.63) is 28.4 Å². The Kier molecular flexibility index (Phi) is 4.02. The lowest BCUT2D eigenvalue weighted by atomic mass is 9.96. The molecule has 0 radical (unpaired) electrons. The minimum absolute atomic E-state index is 0.00330. The van der Waals surface area contributed by atoms with E-state index in [2.05, 4.69) is 4.98 Å². The number of nitrogens with zero attached hydrogens (tertiary/aromatic N) is 3. The number of pyridine rings is 1. The molecule has 2 atom stereocenters. The number of aromatic nitrogens is 1. The molecule has 0 amide bonds. The van der Waals surface area contributed by atoms with E-state index >= 15 is 0 Å². The molecule has 0 spiro atoms. The van der Waals surface area contributed by atoms with Crippen LogP contribution in [0.25, 0.3) is 0 Å². The lowest BCUT2D eigenvalue weighted by Gasteiger charge is -2.33. The van der Waals surface area contributed by atoms with Gasteiger partial charge in [0, 0.05) is 25.2 Å². The van der Waals surface area contributed by atoms with E-state index in [4.69, 9.17) is 5.73 Å². The molecule has 0 aliphatic carbocycles. The van der Waals surface area contributed by atoms with Crippen molar-refractivity contribution >= 4 is 15.8 Å². The molecule has 1 saturated heterocycles. The smallest absolute Gasteiger partial charge is 0.358 e. The van der Waals surface area contributed by atoms with Crippen LogP contribution in [0, 0.1) is 16.0 Å². The largest absolute Gasteiger partial charge is 0.363 e. The second-order valence-corrected chi connectivity index (χ2v) is 6.84. The Labute approximate surface area is 116 Å². The van der Waals surface area contributed by atoms with Gasteiger partial charge in [-0.05, 0) is 28.3 Å². The minimum atomic E-state index is -3.67. The third-order valence-corrected chi connectivity index (χ3v) is 5.33. The van der Waals surface area contributed by atoms with Crippen LogP contribution in [-0.4, -0.2) is 41.8 Å². The van der Waals surface area contributed by atoms with Crippen LogP contribution in [0.3, 0.4) is 0 Å². The summed E-state index contributed by atoms with van der Waals surface area (Å²) in [6.07, 6.45) is 1.62. The fraction of sp³-hybridized carbons (Fsp3) is 0.545. The van der Waals surface area contributed by atoms with Crippen LogP contribution in [0.2, 0.25) is 0 Å². The van der Waals surface area contributed by atoms with Crippen LogP contribution in [0.5, 0.6) is 0 Å². The van der Waals surface area contributed by atoms with E-state index in [1.807, 2.05) is 6.92 Å². The molecule has 2 unspecified atom stereocenters. The Hall–Kier alpha value is -1.58. The number of rotatable bonds is 3. The Bertz CT molecular complexity index is 601. The molecule has 0 saturated carbocycles. The highest BCUT2D eigenvalue weighted by Crippen LogP contribution is 2.23. The highest BCUT2D eigenvalue weighted by Gasteiger charge is 2.32. The van der Waals surface area contributed by atoms with Crippen molar-refractivity contribution in [2.45, 2.75) is 24.3 Å². The Morgan fingerprint density at radius 3 is 2.70 bits per heavy atom. The van der Waals surface area contributed by atoms with Crippen LogP contribution in [0.15, 0.2) is 23.2 Å². The summed E-state index contributed by atoms with van der Waals surface area (Å²) in [5.74, 6) is -0.303. The van der Waals surface area contributed by atoms with Crippen molar-refractivity contribution in [1.29, 1.82) is 0 Å². The van der Waals surface area contributed by atoms with Crippen molar-refractivity contribution < 1.29 is 13.3 Å². The predicted molar refractivity (Wildman–Crippen MR) is 71.4 cm³/mol. The van der Waals surface area contributed by atoms with Crippen LogP contribution >= 0.6 is 0 Å². The summed E-state index contributed by atoms with van der Waals surface area (Å²) in [7, 11) is -3.67. The maximum absolute atomic E-state index is 12.4. The number of nitrogens with two attached hydrogens (primary N) is 1. The molecule has 2 N–H and O–H groups in total. The molecule has 2 heterocycles. The number of nitro groups is 1. The first-order chi connectivity index (χ1) is 9.32. The van der Waals surface area contributed by atoms with Gasteiger partial charge in [0.2, 0.25) is 10.0 Å². The molecular weight excluding hydrogens is 284 g/mol. The SMILES string of the molecule is CC1CN(S(=O)(=O)c2ccc([N+](=O)[O-])nc2)CCC1N. The Morgan fingerprint density at radius 2 is 2.20 bits per heavy atom. The van der Waals surface area contributed by atoms with Gasteiger partial charge in [-0.3, -0.25) is 0 Å². The summed E-state index contributed by atoms with van der Waals surface area (Å²) in [4.78, 5) is 13.4. The van der Waals surface area contributed by atoms with Gasteiger partial charge in [0.1, 0.15) is 4.90 Å². The average Bonchev–Trinajstić information content (AvgIpc) is 2.41. The molecular formula is C11H16N4O4S. The quantitative estimate of drug-likeness (QED) is 0.635. The third kappa shape index (κ3) is 2.79.